The predicted molar refractivity (Wildman–Crippen MR) is 117 cm³/mol. The minimum absolute atomic E-state index is 0.0642. The van der Waals surface area contributed by atoms with Crippen LogP contribution in [0.2, 0.25) is 0 Å². The number of carbonyl (C=O) groups is 1. The Labute approximate surface area is 183 Å². The van der Waals surface area contributed by atoms with Crippen LogP contribution in [0.4, 0.5) is 4.39 Å². The average Bonchev–Trinajstić information content (AvgIpc) is 3.14. The highest BCUT2D eigenvalue weighted by Gasteiger charge is 2.45. The van der Waals surface area contributed by atoms with Gasteiger partial charge in [-0.3, -0.25) is 4.79 Å². The first-order valence-corrected chi connectivity index (χ1v) is 10.5. The van der Waals surface area contributed by atoms with Gasteiger partial charge in [0.1, 0.15) is 12.4 Å². The van der Waals surface area contributed by atoms with Gasteiger partial charge >= 0.3 is 5.97 Å². The van der Waals surface area contributed by atoms with Gasteiger partial charge in [-0.05, 0) is 36.6 Å². The largest absolute Gasteiger partial charge is 0.458 e. The van der Waals surface area contributed by atoms with Crippen molar-refractivity contribution in [2.45, 2.75) is 39.0 Å². The molecule has 0 fully saturated rings. The lowest BCUT2D eigenvalue weighted by molar-refractivity contribution is -0.172. The van der Waals surface area contributed by atoms with Gasteiger partial charge in [-0.2, -0.15) is 0 Å². The van der Waals surface area contributed by atoms with Gasteiger partial charge in [0.05, 0.1) is 29.0 Å². The van der Waals surface area contributed by atoms with E-state index in [0.717, 1.165) is 16.5 Å². The van der Waals surface area contributed by atoms with Crippen molar-refractivity contribution in [3.8, 4) is 11.4 Å². The van der Waals surface area contributed by atoms with Crippen molar-refractivity contribution in [2.75, 3.05) is 6.54 Å². The first kappa shape index (κ1) is 20.5. The zero-order chi connectivity index (χ0) is 22.8. The Morgan fingerprint density at radius 1 is 1.31 bits per heavy atom. The van der Waals surface area contributed by atoms with Gasteiger partial charge in [-0.1, -0.05) is 19.1 Å². The molecule has 0 bridgehead atoms. The van der Waals surface area contributed by atoms with E-state index >= 15 is 0 Å². The number of nitrogens with zero attached hydrogens (tertiary/aromatic N) is 2. The van der Waals surface area contributed by atoms with Crippen LogP contribution in [-0.4, -0.2) is 27.2 Å². The summed E-state index contributed by atoms with van der Waals surface area (Å²) in [5.41, 5.74) is 7.52. The molecule has 1 aromatic carbocycles. The zero-order valence-electron chi connectivity index (χ0n) is 17.7. The van der Waals surface area contributed by atoms with Crippen LogP contribution in [-0.2, 0) is 28.3 Å². The van der Waals surface area contributed by atoms with Crippen LogP contribution in [0.3, 0.4) is 0 Å². The van der Waals surface area contributed by atoms with E-state index in [-0.39, 0.29) is 42.1 Å². The number of hydrogen-bond acceptors (Lipinski definition) is 6. The molecule has 0 saturated heterocycles. The van der Waals surface area contributed by atoms with Gasteiger partial charge in [0.2, 0.25) is 0 Å². The Morgan fingerprint density at radius 2 is 2.09 bits per heavy atom. The van der Waals surface area contributed by atoms with Crippen molar-refractivity contribution >= 4 is 22.9 Å². The molecule has 3 aromatic rings. The van der Waals surface area contributed by atoms with Crippen LogP contribution in [0, 0.1) is 12.7 Å². The third-order valence-electron chi connectivity index (χ3n) is 6.43. The lowest BCUT2D eigenvalue weighted by Crippen LogP contribution is -2.44. The Bertz CT molecular complexity index is 1410. The summed E-state index contributed by atoms with van der Waals surface area (Å²) in [6.45, 7) is 3.74. The number of fused-ring (bicyclic) bond motifs is 5. The maximum Gasteiger partial charge on any atom is 0.343 e. The van der Waals surface area contributed by atoms with Gasteiger partial charge in [0.15, 0.2) is 5.60 Å². The standard InChI is InChI=1S/C24H22FN3O4/c1-3-24(31)17-8-20-21-15(10-28(20)22(29)16(17)11-32-23(24)30)13(5-4-6-26)14-7-12(2)18(25)9-19(14)27-21/h4-5,7-9,31H,3,6,10-11,26H2,1-2H3/b5-4+/t24-/m0/s1. The maximum atomic E-state index is 14.3. The number of carbonyl (C=O) groups excluding carboxylic acids is 1. The number of rotatable bonds is 3. The Kier molecular flexibility index (Phi) is 4.54. The zero-order valence-corrected chi connectivity index (χ0v) is 17.7. The molecule has 0 spiro atoms. The molecule has 0 saturated carbocycles. The first-order valence-electron chi connectivity index (χ1n) is 10.5. The van der Waals surface area contributed by atoms with E-state index in [9.17, 15) is 19.1 Å². The molecule has 0 aliphatic carbocycles. The molecular formula is C24H22FN3O4. The number of benzene rings is 1. The summed E-state index contributed by atoms with van der Waals surface area (Å²) in [6.07, 6.45) is 3.73. The van der Waals surface area contributed by atoms with Gasteiger partial charge in [-0.15, -0.1) is 0 Å². The molecule has 8 heteroatoms. The number of nitrogens with two attached hydrogens (primary N) is 1. The van der Waals surface area contributed by atoms with E-state index in [2.05, 4.69) is 4.98 Å². The maximum absolute atomic E-state index is 14.3. The van der Waals surface area contributed by atoms with E-state index in [1.165, 1.54) is 6.07 Å². The Morgan fingerprint density at radius 3 is 2.81 bits per heavy atom. The molecule has 32 heavy (non-hydrogen) atoms. The summed E-state index contributed by atoms with van der Waals surface area (Å²) < 4.78 is 21.0. The first-order chi connectivity index (χ1) is 15.3. The fourth-order valence-electron chi connectivity index (χ4n) is 4.62. The lowest BCUT2D eigenvalue weighted by atomic mass is 9.86. The molecule has 1 atom stereocenters. The van der Waals surface area contributed by atoms with Crippen molar-refractivity contribution < 1.29 is 19.0 Å². The van der Waals surface area contributed by atoms with Gasteiger partial charge in [-0.25, -0.2) is 14.2 Å². The Balaban J connectivity index is 1.85. The normalized spacial score (nSPS) is 19.2. The SMILES string of the molecule is CC[C@@]1(O)C(=O)OCc2c1cc1n(c2=O)Cc2c-1nc1cc(F)c(C)cc1c2/C=C/CN. The number of hydrogen-bond donors (Lipinski definition) is 2. The summed E-state index contributed by atoms with van der Waals surface area (Å²) in [5, 5.41) is 11.8. The number of aryl methyl sites for hydroxylation is 1. The van der Waals surface area contributed by atoms with Crippen molar-refractivity contribution in [2.24, 2.45) is 5.73 Å². The van der Waals surface area contributed by atoms with Crippen molar-refractivity contribution in [1.29, 1.82) is 0 Å². The molecule has 0 amide bonds. The van der Waals surface area contributed by atoms with E-state index in [1.807, 2.05) is 6.08 Å². The highest BCUT2D eigenvalue weighted by Crippen LogP contribution is 2.40. The van der Waals surface area contributed by atoms with Crippen LogP contribution < -0.4 is 11.3 Å². The molecule has 0 radical (unpaired) electrons. The second-order valence-corrected chi connectivity index (χ2v) is 8.21. The highest BCUT2D eigenvalue weighted by atomic mass is 19.1. The third kappa shape index (κ3) is 2.69. The average molecular weight is 435 g/mol. The van der Waals surface area contributed by atoms with Crippen LogP contribution in [0.1, 0.15) is 41.2 Å². The van der Waals surface area contributed by atoms with E-state index in [4.69, 9.17) is 10.5 Å². The lowest BCUT2D eigenvalue weighted by Gasteiger charge is -2.31. The summed E-state index contributed by atoms with van der Waals surface area (Å²) in [5.74, 6) is -1.15. The fraction of sp³-hybridized carbons (Fsp3) is 0.292. The van der Waals surface area contributed by atoms with Crippen LogP contribution in [0.5, 0.6) is 0 Å². The fourth-order valence-corrected chi connectivity index (χ4v) is 4.62. The number of aromatic nitrogens is 2. The summed E-state index contributed by atoms with van der Waals surface area (Å²) in [7, 11) is 0. The van der Waals surface area contributed by atoms with Crippen LogP contribution in [0.15, 0.2) is 29.1 Å². The summed E-state index contributed by atoms with van der Waals surface area (Å²) in [4.78, 5) is 30.4. The summed E-state index contributed by atoms with van der Waals surface area (Å²) >= 11 is 0. The summed E-state index contributed by atoms with van der Waals surface area (Å²) in [6, 6.07) is 4.77. The monoisotopic (exact) mass is 435 g/mol. The van der Waals surface area contributed by atoms with Crippen LogP contribution >= 0.6 is 0 Å². The number of aliphatic hydroxyl groups is 1. The molecule has 5 rings (SSSR count). The second kappa shape index (κ2) is 7.08. The third-order valence-corrected chi connectivity index (χ3v) is 6.43. The number of esters is 1. The van der Waals surface area contributed by atoms with Crippen molar-refractivity contribution in [3.63, 3.8) is 0 Å². The molecule has 3 N–H and O–H groups in total. The predicted octanol–water partition coefficient (Wildman–Crippen LogP) is 2.50. The van der Waals surface area contributed by atoms with E-state index < -0.39 is 11.6 Å². The minimum Gasteiger partial charge on any atom is -0.458 e. The smallest absolute Gasteiger partial charge is 0.343 e. The molecule has 4 heterocycles. The highest BCUT2D eigenvalue weighted by molar-refractivity contribution is 5.94. The van der Waals surface area contributed by atoms with Gasteiger partial charge < -0.3 is 20.1 Å². The number of ether oxygens (including phenoxy) is 1. The van der Waals surface area contributed by atoms with Gasteiger partial charge in [0, 0.05) is 29.1 Å². The topological polar surface area (TPSA) is 107 Å². The van der Waals surface area contributed by atoms with E-state index in [1.54, 1.807) is 36.6 Å². The molecule has 2 aromatic heterocycles. The molecule has 2 aliphatic rings. The van der Waals surface area contributed by atoms with Crippen molar-refractivity contribution in [1.82, 2.24) is 9.55 Å². The number of cyclic esters (lactones) is 1. The van der Waals surface area contributed by atoms with Crippen molar-refractivity contribution in [3.05, 3.63) is 68.3 Å². The molecule has 164 valence electrons. The second-order valence-electron chi connectivity index (χ2n) is 8.21. The molecule has 7 nitrogen and oxygen atoms in total. The number of pyridine rings is 2. The van der Waals surface area contributed by atoms with E-state index in [0.29, 0.717) is 29.0 Å². The van der Waals surface area contributed by atoms with Crippen LogP contribution in [0.25, 0.3) is 28.4 Å². The minimum atomic E-state index is -1.90. The molecule has 2 aliphatic heterocycles. The molecular weight excluding hydrogens is 413 g/mol. The molecule has 0 unspecified atom stereocenters. The quantitative estimate of drug-likeness (QED) is 0.479. The van der Waals surface area contributed by atoms with Gasteiger partial charge in [0.25, 0.3) is 5.56 Å². The Hall–Kier alpha value is -3.36. The number of halogens is 1.